The van der Waals surface area contributed by atoms with Crippen molar-refractivity contribution in [3.63, 3.8) is 0 Å². The van der Waals surface area contributed by atoms with Crippen molar-refractivity contribution in [2.75, 3.05) is 24.5 Å². The van der Waals surface area contributed by atoms with Crippen LogP contribution in [0.25, 0.3) is 0 Å². The van der Waals surface area contributed by atoms with Gasteiger partial charge >= 0.3 is 12.1 Å². The van der Waals surface area contributed by atoms with Gasteiger partial charge in [0.15, 0.2) is 5.50 Å². The van der Waals surface area contributed by atoms with E-state index in [4.69, 9.17) is 4.84 Å². The molecule has 8 nitrogen and oxygen atoms in total. The molecule has 1 saturated carbocycles. The predicted octanol–water partition coefficient (Wildman–Crippen LogP) is 4.65. The molecule has 0 spiro atoms. The van der Waals surface area contributed by atoms with Crippen molar-refractivity contribution in [2.24, 2.45) is 0 Å². The van der Waals surface area contributed by atoms with Gasteiger partial charge in [0.25, 0.3) is 5.91 Å². The first-order valence-electron chi connectivity index (χ1n) is 13.1. The summed E-state index contributed by atoms with van der Waals surface area (Å²) in [5, 5.41) is 8.30. The van der Waals surface area contributed by atoms with E-state index in [9.17, 15) is 27.6 Å². The fourth-order valence-electron chi connectivity index (χ4n) is 4.73. The first-order chi connectivity index (χ1) is 19.2. The molecule has 1 unspecified atom stereocenters. The lowest BCUT2D eigenvalue weighted by atomic mass is 10.00. The summed E-state index contributed by atoms with van der Waals surface area (Å²) in [6.07, 6.45) is -2.22. The second kappa shape index (κ2) is 12.2. The third-order valence-corrected chi connectivity index (χ3v) is 9.31. The number of nitrogens with zero attached hydrogens (tertiary/aromatic N) is 3. The SMILES string of the molecule is O=C(CCNCc1ccsc1)N1CCC2=C(C1)C(=O)N(c1ccccc1)C(SC1CCC1)N2OC(=O)C(F)(F)F. The van der Waals surface area contributed by atoms with E-state index in [2.05, 4.69) is 5.32 Å². The van der Waals surface area contributed by atoms with Gasteiger partial charge in [-0.3, -0.25) is 14.5 Å². The van der Waals surface area contributed by atoms with Crippen LogP contribution in [-0.4, -0.2) is 64.3 Å². The molecule has 1 aliphatic carbocycles. The Morgan fingerprint density at radius 3 is 2.58 bits per heavy atom. The van der Waals surface area contributed by atoms with Gasteiger partial charge in [-0.15, -0.1) is 11.8 Å². The van der Waals surface area contributed by atoms with Crippen molar-refractivity contribution < 1.29 is 32.4 Å². The molecule has 5 rings (SSSR count). The first kappa shape index (κ1) is 28.5. The number of amides is 2. The molecule has 2 aliphatic heterocycles. The van der Waals surface area contributed by atoms with Gasteiger partial charge in [0.2, 0.25) is 5.91 Å². The van der Waals surface area contributed by atoms with Crippen molar-refractivity contribution in [1.82, 2.24) is 15.3 Å². The van der Waals surface area contributed by atoms with Crippen LogP contribution in [0.5, 0.6) is 0 Å². The van der Waals surface area contributed by atoms with Crippen LogP contribution >= 0.6 is 23.1 Å². The molecule has 3 heterocycles. The summed E-state index contributed by atoms with van der Waals surface area (Å²) < 4.78 is 40.0. The third kappa shape index (κ3) is 6.31. The molecule has 0 saturated heterocycles. The highest BCUT2D eigenvalue weighted by Gasteiger charge is 2.50. The molecule has 2 amide bonds. The number of benzene rings is 1. The number of rotatable bonds is 9. The molecule has 1 aromatic carbocycles. The number of nitrogens with one attached hydrogen (secondary N) is 1. The lowest BCUT2D eigenvalue weighted by molar-refractivity contribution is -0.235. The number of halogens is 3. The number of hydroxylamine groups is 2. The van der Waals surface area contributed by atoms with Crippen LogP contribution in [0.15, 0.2) is 58.4 Å². The zero-order chi connectivity index (χ0) is 28.3. The fraction of sp³-hybridized carbons (Fsp3) is 0.444. The first-order valence-corrected chi connectivity index (χ1v) is 14.9. The zero-order valence-electron chi connectivity index (χ0n) is 21.6. The summed E-state index contributed by atoms with van der Waals surface area (Å²) >= 11 is 2.91. The molecular formula is C27H29F3N4O4S2. The van der Waals surface area contributed by atoms with E-state index in [1.807, 2.05) is 16.8 Å². The minimum atomic E-state index is -5.21. The minimum absolute atomic E-state index is 0.0816. The van der Waals surface area contributed by atoms with Gasteiger partial charge in [0.1, 0.15) is 0 Å². The third-order valence-electron chi connectivity index (χ3n) is 7.07. The summed E-state index contributed by atoms with van der Waals surface area (Å²) in [5.41, 5.74) is 0.946. The van der Waals surface area contributed by atoms with Crippen molar-refractivity contribution in [3.8, 4) is 0 Å². The number of alkyl halides is 3. The number of hydrogen-bond donors (Lipinski definition) is 1. The highest BCUT2D eigenvalue weighted by molar-refractivity contribution is 8.00. The Morgan fingerprint density at radius 2 is 1.93 bits per heavy atom. The molecule has 1 aromatic heterocycles. The maximum absolute atomic E-state index is 14.0. The van der Waals surface area contributed by atoms with Crippen molar-refractivity contribution in [1.29, 1.82) is 0 Å². The van der Waals surface area contributed by atoms with E-state index in [0.29, 0.717) is 18.8 Å². The molecule has 40 heavy (non-hydrogen) atoms. The summed E-state index contributed by atoms with van der Waals surface area (Å²) in [7, 11) is 0. The predicted molar refractivity (Wildman–Crippen MR) is 146 cm³/mol. The van der Waals surface area contributed by atoms with E-state index in [1.54, 1.807) is 41.7 Å². The molecule has 1 atom stereocenters. The highest BCUT2D eigenvalue weighted by atomic mass is 32.2. The van der Waals surface area contributed by atoms with Gasteiger partial charge in [-0.25, -0.2) is 4.79 Å². The number of para-hydroxylation sites is 1. The Bertz CT molecular complexity index is 1250. The largest absolute Gasteiger partial charge is 0.493 e. The number of carbonyl (C=O) groups is 3. The zero-order valence-corrected chi connectivity index (χ0v) is 23.2. The Morgan fingerprint density at radius 1 is 1.15 bits per heavy atom. The van der Waals surface area contributed by atoms with Gasteiger partial charge in [-0.05, 0) is 47.4 Å². The Hall–Kier alpha value is -3.03. The standard InChI is InChI=1S/C27H29F3N4O4S2/c28-27(29,30)25(37)38-34-22-10-13-32(23(35)9-12-31-15-18-11-14-39-17-18)16-21(22)24(36)33(19-5-2-1-3-6-19)26(34)40-20-7-4-8-20/h1-3,5-6,11,14,17,20,26,31H,4,7-10,12-13,15-16H2. The number of carbonyl (C=O) groups excluding carboxylic acids is 3. The summed E-state index contributed by atoms with van der Waals surface area (Å²) in [6, 6.07) is 10.6. The van der Waals surface area contributed by atoms with Crippen LogP contribution in [0.4, 0.5) is 18.9 Å². The van der Waals surface area contributed by atoms with E-state index >= 15 is 0 Å². The highest BCUT2D eigenvalue weighted by Crippen LogP contribution is 2.44. The van der Waals surface area contributed by atoms with Crippen LogP contribution in [-0.2, 0) is 25.8 Å². The molecular weight excluding hydrogens is 565 g/mol. The Balaban J connectivity index is 1.39. The van der Waals surface area contributed by atoms with Gasteiger partial charge in [-0.1, -0.05) is 24.6 Å². The Labute approximate surface area is 238 Å². The van der Waals surface area contributed by atoms with Gasteiger partial charge in [0, 0.05) is 43.4 Å². The number of thioether (sulfide) groups is 1. The number of anilines is 1. The Kier molecular flexibility index (Phi) is 8.71. The minimum Gasteiger partial charge on any atom is -0.338 e. The second-order valence-corrected chi connectivity index (χ2v) is 11.9. The van der Waals surface area contributed by atoms with Crippen LogP contribution in [0, 0.1) is 0 Å². The van der Waals surface area contributed by atoms with Crippen LogP contribution in [0.3, 0.4) is 0 Å². The van der Waals surface area contributed by atoms with E-state index < -0.39 is 23.6 Å². The maximum Gasteiger partial charge on any atom is 0.493 e. The molecule has 2 aromatic rings. The maximum atomic E-state index is 14.0. The lowest BCUT2D eigenvalue weighted by Crippen LogP contribution is -2.59. The van der Waals surface area contributed by atoms with E-state index in [0.717, 1.165) is 29.9 Å². The average Bonchev–Trinajstić information content (AvgIpc) is 3.43. The second-order valence-electron chi connectivity index (χ2n) is 9.78. The average molecular weight is 595 g/mol. The van der Waals surface area contributed by atoms with Gasteiger partial charge < -0.3 is 15.1 Å². The molecule has 0 bridgehead atoms. The molecule has 0 radical (unpaired) electrons. The molecule has 214 valence electrons. The molecule has 13 heteroatoms. The van der Waals surface area contributed by atoms with Crippen molar-refractivity contribution in [3.05, 3.63) is 64.0 Å². The van der Waals surface area contributed by atoms with Gasteiger partial charge in [0.05, 0.1) is 17.8 Å². The van der Waals surface area contributed by atoms with Crippen molar-refractivity contribution >= 4 is 46.6 Å². The monoisotopic (exact) mass is 594 g/mol. The van der Waals surface area contributed by atoms with E-state index in [1.165, 1.54) is 21.6 Å². The number of hydrogen-bond acceptors (Lipinski definition) is 8. The topological polar surface area (TPSA) is 82.2 Å². The summed E-state index contributed by atoms with van der Waals surface area (Å²) in [5.74, 6) is -2.94. The van der Waals surface area contributed by atoms with Crippen LogP contribution in [0.2, 0.25) is 0 Å². The summed E-state index contributed by atoms with van der Waals surface area (Å²) in [6.45, 7) is 1.19. The number of thiophene rings is 1. The van der Waals surface area contributed by atoms with Gasteiger partial charge in [-0.2, -0.15) is 29.6 Å². The summed E-state index contributed by atoms with van der Waals surface area (Å²) in [4.78, 5) is 47.0. The van der Waals surface area contributed by atoms with Crippen molar-refractivity contribution in [2.45, 2.75) is 55.6 Å². The molecule has 3 aliphatic rings. The van der Waals surface area contributed by atoms with Crippen LogP contribution < -0.4 is 10.2 Å². The normalized spacial score (nSPS) is 19.9. The fourth-order valence-corrected chi connectivity index (χ4v) is 6.97. The van der Waals surface area contributed by atoms with Crippen LogP contribution in [0.1, 0.15) is 37.7 Å². The lowest BCUT2D eigenvalue weighted by Gasteiger charge is -2.48. The quantitative estimate of drug-likeness (QED) is 0.424. The molecule has 1 N–H and O–H groups in total. The smallest absolute Gasteiger partial charge is 0.338 e. The van der Waals surface area contributed by atoms with E-state index in [-0.39, 0.29) is 48.4 Å². The molecule has 1 fully saturated rings.